The zero-order chi connectivity index (χ0) is 16.7. The number of urea groups is 1. The molecule has 0 heterocycles. The normalized spacial score (nSPS) is 14.8. The maximum absolute atomic E-state index is 13.4. The van der Waals surface area contributed by atoms with Crippen molar-refractivity contribution in [2.45, 2.75) is 39.3 Å². The van der Waals surface area contributed by atoms with Gasteiger partial charge in [0, 0.05) is 6.54 Å². The molecule has 1 aromatic carbocycles. The maximum Gasteiger partial charge on any atom is 0.315 e. The summed E-state index contributed by atoms with van der Waals surface area (Å²) in [7, 11) is 1.40. The molecule has 0 bridgehead atoms. The van der Waals surface area contributed by atoms with Crippen molar-refractivity contribution >= 4 is 6.03 Å². The molecule has 124 valence electrons. The van der Waals surface area contributed by atoms with E-state index in [-0.39, 0.29) is 29.8 Å². The first-order valence-electron chi connectivity index (χ1n) is 7.39. The summed E-state index contributed by atoms with van der Waals surface area (Å²) in [6.45, 7) is 5.98. The number of hydrogen-bond donors (Lipinski definition) is 3. The fraction of sp³-hybridized carbons (Fsp3) is 0.562. The largest absolute Gasteiger partial charge is 0.494 e. The van der Waals surface area contributed by atoms with Crippen molar-refractivity contribution in [3.05, 3.63) is 29.6 Å². The van der Waals surface area contributed by atoms with Crippen LogP contribution in [0.2, 0.25) is 0 Å². The van der Waals surface area contributed by atoms with Crippen LogP contribution in [0.4, 0.5) is 9.18 Å². The maximum atomic E-state index is 13.4. The van der Waals surface area contributed by atoms with E-state index in [2.05, 4.69) is 10.6 Å². The minimum absolute atomic E-state index is 0.150. The number of rotatable bonds is 7. The van der Waals surface area contributed by atoms with Gasteiger partial charge >= 0.3 is 6.03 Å². The summed E-state index contributed by atoms with van der Waals surface area (Å²) in [6.07, 6.45) is 0.246. The first-order chi connectivity index (χ1) is 10.3. The summed E-state index contributed by atoms with van der Waals surface area (Å²) in [5.41, 5.74) is 0.755. The molecular formula is C16H25FN2O3. The molecule has 5 nitrogen and oxygen atoms in total. The number of carbonyl (C=O) groups excluding carboxylic acids is 1. The smallest absolute Gasteiger partial charge is 0.315 e. The Morgan fingerprint density at radius 3 is 2.64 bits per heavy atom. The second kappa shape index (κ2) is 8.58. The van der Waals surface area contributed by atoms with E-state index >= 15 is 0 Å². The SMILES string of the molecule is COc1cc(C(C)NC(=O)NCC(C)CC(C)O)ccc1F. The second-order valence-electron chi connectivity index (χ2n) is 5.66. The molecule has 3 unspecified atom stereocenters. The van der Waals surface area contributed by atoms with Gasteiger partial charge in [-0.2, -0.15) is 0 Å². The average molecular weight is 312 g/mol. The molecule has 2 amide bonds. The van der Waals surface area contributed by atoms with Crippen LogP contribution >= 0.6 is 0 Å². The molecule has 0 aliphatic rings. The van der Waals surface area contributed by atoms with E-state index in [0.29, 0.717) is 13.0 Å². The quantitative estimate of drug-likeness (QED) is 0.725. The van der Waals surface area contributed by atoms with Crippen molar-refractivity contribution in [3.8, 4) is 5.75 Å². The fourth-order valence-electron chi connectivity index (χ4n) is 2.21. The first kappa shape index (κ1) is 18.2. The summed E-state index contributed by atoms with van der Waals surface area (Å²) >= 11 is 0. The minimum atomic E-state index is -0.435. The van der Waals surface area contributed by atoms with Crippen molar-refractivity contribution < 1.29 is 19.0 Å². The Morgan fingerprint density at radius 1 is 1.36 bits per heavy atom. The number of aliphatic hydroxyl groups excluding tert-OH is 1. The summed E-state index contributed by atoms with van der Waals surface area (Å²) in [5, 5.41) is 14.8. The molecule has 0 saturated heterocycles. The Morgan fingerprint density at radius 2 is 2.05 bits per heavy atom. The van der Waals surface area contributed by atoms with Crippen molar-refractivity contribution in [1.82, 2.24) is 10.6 Å². The Labute approximate surface area is 130 Å². The summed E-state index contributed by atoms with van der Waals surface area (Å²) < 4.78 is 18.3. The highest BCUT2D eigenvalue weighted by Gasteiger charge is 2.13. The van der Waals surface area contributed by atoms with Crippen molar-refractivity contribution in [2.75, 3.05) is 13.7 Å². The van der Waals surface area contributed by atoms with Crippen LogP contribution in [0.1, 0.15) is 38.8 Å². The Hall–Kier alpha value is -1.82. The highest BCUT2D eigenvalue weighted by atomic mass is 19.1. The lowest BCUT2D eigenvalue weighted by atomic mass is 10.1. The molecule has 0 radical (unpaired) electrons. The monoisotopic (exact) mass is 312 g/mol. The molecule has 6 heteroatoms. The Kier molecular flexibility index (Phi) is 7.11. The van der Waals surface area contributed by atoms with E-state index in [0.717, 1.165) is 5.56 Å². The van der Waals surface area contributed by atoms with Crippen LogP contribution < -0.4 is 15.4 Å². The summed E-state index contributed by atoms with van der Waals surface area (Å²) in [6, 6.07) is 3.92. The van der Waals surface area contributed by atoms with Gasteiger partial charge in [0.05, 0.1) is 19.3 Å². The van der Waals surface area contributed by atoms with Crippen LogP contribution in [0.3, 0.4) is 0 Å². The second-order valence-corrected chi connectivity index (χ2v) is 5.66. The highest BCUT2D eigenvalue weighted by molar-refractivity contribution is 5.74. The molecule has 0 fully saturated rings. The third-order valence-electron chi connectivity index (χ3n) is 3.38. The van der Waals surface area contributed by atoms with Crippen molar-refractivity contribution in [1.29, 1.82) is 0 Å². The fourth-order valence-corrected chi connectivity index (χ4v) is 2.21. The molecule has 3 N–H and O–H groups in total. The molecule has 22 heavy (non-hydrogen) atoms. The minimum Gasteiger partial charge on any atom is -0.494 e. The van der Waals surface area contributed by atoms with Gasteiger partial charge in [0.25, 0.3) is 0 Å². The third-order valence-corrected chi connectivity index (χ3v) is 3.38. The molecule has 3 atom stereocenters. The molecular weight excluding hydrogens is 287 g/mol. The van der Waals surface area contributed by atoms with Gasteiger partial charge in [-0.25, -0.2) is 9.18 Å². The van der Waals surface area contributed by atoms with Gasteiger partial charge in [-0.1, -0.05) is 13.0 Å². The lowest BCUT2D eigenvalue weighted by Crippen LogP contribution is -2.39. The van der Waals surface area contributed by atoms with Gasteiger partial charge < -0.3 is 20.5 Å². The number of nitrogens with one attached hydrogen (secondary N) is 2. The number of amides is 2. The molecule has 0 aliphatic carbocycles. The topological polar surface area (TPSA) is 70.6 Å². The van der Waals surface area contributed by atoms with Crippen LogP contribution in [-0.4, -0.2) is 30.9 Å². The van der Waals surface area contributed by atoms with Crippen molar-refractivity contribution in [2.24, 2.45) is 5.92 Å². The van der Waals surface area contributed by atoms with E-state index in [1.807, 2.05) is 13.8 Å². The van der Waals surface area contributed by atoms with E-state index in [1.165, 1.54) is 13.2 Å². The van der Waals surface area contributed by atoms with Gasteiger partial charge in [-0.3, -0.25) is 0 Å². The first-order valence-corrected chi connectivity index (χ1v) is 7.39. The van der Waals surface area contributed by atoms with Crippen LogP contribution in [0.15, 0.2) is 18.2 Å². The van der Waals surface area contributed by atoms with Crippen LogP contribution in [0.25, 0.3) is 0 Å². The summed E-state index contributed by atoms with van der Waals surface area (Å²) in [4.78, 5) is 11.8. The van der Waals surface area contributed by atoms with E-state index in [4.69, 9.17) is 4.74 Å². The predicted molar refractivity (Wildman–Crippen MR) is 83.4 cm³/mol. The zero-order valence-corrected chi connectivity index (χ0v) is 13.5. The molecule has 0 saturated carbocycles. The molecule has 0 aromatic heterocycles. The van der Waals surface area contributed by atoms with Crippen LogP contribution in [-0.2, 0) is 0 Å². The van der Waals surface area contributed by atoms with Crippen LogP contribution in [0.5, 0.6) is 5.75 Å². The lowest BCUT2D eigenvalue weighted by molar-refractivity contribution is 0.163. The Bertz CT molecular complexity index is 494. The van der Waals surface area contributed by atoms with Gasteiger partial charge in [0.2, 0.25) is 0 Å². The van der Waals surface area contributed by atoms with Crippen molar-refractivity contribution in [3.63, 3.8) is 0 Å². The number of ether oxygens (including phenoxy) is 1. The van der Waals surface area contributed by atoms with Gasteiger partial charge in [0.1, 0.15) is 0 Å². The third kappa shape index (κ3) is 5.89. The van der Waals surface area contributed by atoms with Gasteiger partial charge in [-0.05, 0) is 43.9 Å². The van der Waals surface area contributed by atoms with Gasteiger partial charge in [-0.15, -0.1) is 0 Å². The number of hydrogen-bond acceptors (Lipinski definition) is 3. The zero-order valence-electron chi connectivity index (χ0n) is 13.5. The number of benzene rings is 1. The predicted octanol–water partition coefficient (Wildman–Crippen LogP) is 2.60. The number of aliphatic hydroxyl groups is 1. The number of methoxy groups -OCH3 is 1. The molecule has 0 spiro atoms. The summed E-state index contributed by atoms with van der Waals surface area (Å²) in [5.74, 6) is -0.0982. The van der Waals surface area contributed by atoms with E-state index < -0.39 is 5.82 Å². The standard InChI is InChI=1S/C16H25FN2O3/c1-10(7-11(2)20)9-18-16(21)19-12(3)13-5-6-14(17)15(8-13)22-4/h5-6,8,10-12,20H,7,9H2,1-4H3,(H2,18,19,21). The highest BCUT2D eigenvalue weighted by Crippen LogP contribution is 2.22. The molecule has 1 rings (SSSR count). The lowest BCUT2D eigenvalue weighted by Gasteiger charge is -2.18. The van der Waals surface area contributed by atoms with E-state index in [9.17, 15) is 14.3 Å². The van der Waals surface area contributed by atoms with Crippen LogP contribution in [0, 0.1) is 11.7 Å². The average Bonchev–Trinajstić information content (AvgIpc) is 2.44. The van der Waals surface area contributed by atoms with Gasteiger partial charge in [0.15, 0.2) is 11.6 Å². The van der Waals surface area contributed by atoms with E-state index in [1.54, 1.807) is 19.1 Å². The molecule has 1 aromatic rings. The molecule has 0 aliphatic heterocycles. The number of halogens is 1. The Balaban J connectivity index is 2.50. The number of carbonyl (C=O) groups is 1.